The maximum atomic E-state index is 12.3. The molecule has 0 fully saturated rings. The van der Waals surface area contributed by atoms with E-state index in [0.29, 0.717) is 23.2 Å². The SMILES string of the molecule is CCC(=O)c1ccc(S(=O)(=O)Nc2ccc(O)cc2C)cc1. The van der Waals surface area contributed by atoms with Crippen LogP contribution in [0, 0.1) is 6.92 Å². The van der Waals surface area contributed by atoms with Crippen molar-refractivity contribution in [2.45, 2.75) is 25.2 Å². The summed E-state index contributed by atoms with van der Waals surface area (Å²) in [4.78, 5) is 11.6. The Morgan fingerprint density at radius 3 is 2.32 bits per heavy atom. The summed E-state index contributed by atoms with van der Waals surface area (Å²) in [5.41, 5.74) is 1.50. The fraction of sp³-hybridized carbons (Fsp3) is 0.188. The zero-order valence-corrected chi connectivity index (χ0v) is 13.1. The largest absolute Gasteiger partial charge is 0.508 e. The first-order valence-corrected chi connectivity index (χ1v) is 8.27. The third kappa shape index (κ3) is 3.46. The highest BCUT2D eigenvalue weighted by molar-refractivity contribution is 7.92. The molecule has 2 rings (SSSR count). The summed E-state index contributed by atoms with van der Waals surface area (Å²) in [7, 11) is -3.74. The van der Waals surface area contributed by atoms with Gasteiger partial charge in [-0.15, -0.1) is 0 Å². The molecule has 0 aliphatic rings. The minimum absolute atomic E-state index is 0.0358. The normalized spacial score (nSPS) is 11.2. The van der Waals surface area contributed by atoms with Crippen LogP contribution in [-0.4, -0.2) is 19.3 Å². The van der Waals surface area contributed by atoms with Gasteiger partial charge in [-0.2, -0.15) is 0 Å². The number of ketones is 1. The molecular formula is C16H17NO4S. The van der Waals surface area contributed by atoms with Crippen LogP contribution >= 0.6 is 0 Å². The summed E-state index contributed by atoms with van der Waals surface area (Å²) in [5, 5.41) is 9.35. The van der Waals surface area contributed by atoms with Gasteiger partial charge in [0.1, 0.15) is 5.75 Å². The predicted octanol–water partition coefficient (Wildman–Crippen LogP) is 3.09. The van der Waals surface area contributed by atoms with Gasteiger partial charge in [0.05, 0.1) is 10.6 Å². The molecule has 0 radical (unpaired) electrons. The molecule has 0 aliphatic carbocycles. The number of hydrogen-bond acceptors (Lipinski definition) is 4. The Morgan fingerprint density at radius 1 is 1.14 bits per heavy atom. The molecule has 0 bridgehead atoms. The molecule has 0 unspecified atom stereocenters. The van der Waals surface area contributed by atoms with Crippen molar-refractivity contribution in [3.05, 3.63) is 53.6 Å². The third-order valence-corrected chi connectivity index (χ3v) is 4.64. The van der Waals surface area contributed by atoms with Crippen LogP contribution in [0.15, 0.2) is 47.4 Å². The first kappa shape index (κ1) is 16.0. The van der Waals surface area contributed by atoms with Gasteiger partial charge in [-0.05, 0) is 42.8 Å². The number of phenols is 1. The number of nitrogens with one attached hydrogen (secondary N) is 1. The minimum Gasteiger partial charge on any atom is -0.508 e. The van der Waals surface area contributed by atoms with Crippen LogP contribution in [-0.2, 0) is 10.0 Å². The lowest BCUT2D eigenvalue weighted by Crippen LogP contribution is -2.14. The fourth-order valence-corrected chi connectivity index (χ4v) is 3.12. The molecule has 2 N–H and O–H groups in total. The van der Waals surface area contributed by atoms with E-state index in [-0.39, 0.29) is 16.4 Å². The number of hydrogen-bond donors (Lipinski definition) is 2. The molecule has 0 aliphatic heterocycles. The number of aromatic hydroxyl groups is 1. The van der Waals surface area contributed by atoms with Crippen molar-refractivity contribution in [3.8, 4) is 5.75 Å². The Hall–Kier alpha value is -2.34. The van der Waals surface area contributed by atoms with E-state index in [0.717, 1.165) is 0 Å². The maximum Gasteiger partial charge on any atom is 0.261 e. The second kappa shape index (κ2) is 6.19. The fourth-order valence-electron chi connectivity index (χ4n) is 1.99. The van der Waals surface area contributed by atoms with E-state index < -0.39 is 10.0 Å². The van der Waals surface area contributed by atoms with Crippen molar-refractivity contribution in [3.63, 3.8) is 0 Å². The second-order valence-electron chi connectivity index (χ2n) is 4.91. The number of carbonyl (C=O) groups is 1. The highest BCUT2D eigenvalue weighted by atomic mass is 32.2. The van der Waals surface area contributed by atoms with E-state index >= 15 is 0 Å². The van der Waals surface area contributed by atoms with Crippen molar-refractivity contribution >= 4 is 21.5 Å². The van der Waals surface area contributed by atoms with E-state index in [1.807, 2.05) is 0 Å². The van der Waals surface area contributed by atoms with Gasteiger partial charge in [0.25, 0.3) is 10.0 Å². The average molecular weight is 319 g/mol. The van der Waals surface area contributed by atoms with Crippen LogP contribution in [0.2, 0.25) is 0 Å². The minimum atomic E-state index is -3.74. The molecule has 22 heavy (non-hydrogen) atoms. The van der Waals surface area contributed by atoms with Gasteiger partial charge in [0.15, 0.2) is 5.78 Å². The van der Waals surface area contributed by atoms with Gasteiger partial charge in [0.2, 0.25) is 0 Å². The van der Waals surface area contributed by atoms with Gasteiger partial charge < -0.3 is 5.11 Å². The summed E-state index contributed by atoms with van der Waals surface area (Å²) < 4.78 is 27.1. The Morgan fingerprint density at radius 2 is 1.77 bits per heavy atom. The second-order valence-corrected chi connectivity index (χ2v) is 6.59. The summed E-state index contributed by atoms with van der Waals surface area (Å²) in [6, 6.07) is 10.2. The number of sulfonamides is 1. The van der Waals surface area contributed by atoms with Gasteiger partial charge >= 0.3 is 0 Å². The molecule has 5 nitrogen and oxygen atoms in total. The zero-order chi connectivity index (χ0) is 16.3. The highest BCUT2D eigenvalue weighted by Crippen LogP contribution is 2.23. The Bertz CT molecular complexity index is 795. The standard InChI is InChI=1S/C16H17NO4S/c1-3-16(19)12-4-7-14(8-5-12)22(20,21)17-15-9-6-13(18)10-11(15)2/h4-10,17-18H,3H2,1-2H3. The van der Waals surface area contributed by atoms with Crippen LogP contribution in [0.25, 0.3) is 0 Å². The first-order chi connectivity index (χ1) is 10.3. The smallest absolute Gasteiger partial charge is 0.261 e. The Labute approximate surface area is 129 Å². The molecule has 0 saturated heterocycles. The molecule has 0 atom stereocenters. The summed E-state index contributed by atoms with van der Waals surface area (Å²) >= 11 is 0. The number of phenolic OH excluding ortho intramolecular Hbond substituents is 1. The van der Waals surface area contributed by atoms with E-state index in [1.54, 1.807) is 13.8 Å². The van der Waals surface area contributed by atoms with Gasteiger partial charge in [0, 0.05) is 12.0 Å². The topological polar surface area (TPSA) is 83.5 Å². The van der Waals surface area contributed by atoms with Crippen LogP contribution < -0.4 is 4.72 Å². The molecule has 6 heteroatoms. The van der Waals surface area contributed by atoms with Crippen LogP contribution in [0.4, 0.5) is 5.69 Å². The number of Topliss-reactive ketones (excluding diaryl/α,β-unsaturated/α-hetero) is 1. The monoisotopic (exact) mass is 319 g/mol. The van der Waals surface area contributed by atoms with E-state index in [9.17, 15) is 18.3 Å². The number of carbonyl (C=O) groups excluding carboxylic acids is 1. The summed E-state index contributed by atoms with van der Waals surface area (Å²) in [6.45, 7) is 3.45. The lowest BCUT2D eigenvalue weighted by molar-refractivity contribution is 0.0988. The zero-order valence-electron chi connectivity index (χ0n) is 12.3. The van der Waals surface area contributed by atoms with Gasteiger partial charge in [-0.1, -0.05) is 19.1 Å². The van der Waals surface area contributed by atoms with Crippen molar-refractivity contribution in [1.29, 1.82) is 0 Å². The molecular weight excluding hydrogens is 302 g/mol. The third-order valence-electron chi connectivity index (χ3n) is 3.26. The van der Waals surface area contributed by atoms with Crippen LogP contribution in [0.3, 0.4) is 0 Å². The van der Waals surface area contributed by atoms with Crippen molar-refractivity contribution in [2.75, 3.05) is 4.72 Å². The van der Waals surface area contributed by atoms with Crippen LogP contribution in [0.5, 0.6) is 5.75 Å². The van der Waals surface area contributed by atoms with Gasteiger partial charge in [-0.3, -0.25) is 9.52 Å². The quantitative estimate of drug-likeness (QED) is 0.655. The molecule has 2 aromatic rings. The number of benzene rings is 2. The number of anilines is 1. The van der Waals surface area contributed by atoms with Gasteiger partial charge in [-0.25, -0.2) is 8.42 Å². The Balaban J connectivity index is 2.28. The van der Waals surface area contributed by atoms with E-state index in [1.165, 1.54) is 42.5 Å². The molecule has 0 amide bonds. The number of aryl methyl sites for hydroxylation is 1. The average Bonchev–Trinajstić information content (AvgIpc) is 2.49. The molecule has 0 spiro atoms. The first-order valence-electron chi connectivity index (χ1n) is 6.79. The van der Waals surface area contributed by atoms with Crippen molar-refractivity contribution in [1.82, 2.24) is 0 Å². The highest BCUT2D eigenvalue weighted by Gasteiger charge is 2.16. The predicted molar refractivity (Wildman–Crippen MR) is 84.7 cm³/mol. The molecule has 2 aromatic carbocycles. The summed E-state index contributed by atoms with van der Waals surface area (Å²) in [5.74, 6) is 0.0363. The number of rotatable bonds is 5. The Kier molecular flexibility index (Phi) is 4.51. The molecule has 0 aromatic heterocycles. The van der Waals surface area contributed by atoms with Crippen molar-refractivity contribution in [2.24, 2.45) is 0 Å². The molecule has 0 heterocycles. The lowest BCUT2D eigenvalue weighted by atomic mass is 10.1. The van der Waals surface area contributed by atoms with E-state index in [2.05, 4.69) is 4.72 Å². The maximum absolute atomic E-state index is 12.3. The van der Waals surface area contributed by atoms with E-state index in [4.69, 9.17) is 0 Å². The molecule has 0 saturated carbocycles. The lowest BCUT2D eigenvalue weighted by Gasteiger charge is -2.11. The van der Waals surface area contributed by atoms with Crippen molar-refractivity contribution < 1.29 is 18.3 Å². The van der Waals surface area contributed by atoms with Crippen LogP contribution in [0.1, 0.15) is 29.3 Å². The summed E-state index contributed by atoms with van der Waals surface area (Å²) in [6.07, 6.45) is 0.372. The molecule has 116 valence electrons.